The highest BCUT2D eigenvalue weighted by Gasteiger charge is 2.59. The van der Waals surface area contributed by atoms with E-state index < -0.39 is 16.9 Å². The Labute approximate surface area is 157 Å². The van der Waals surface area contributed by atoms with Crippen LogP contribution in [-0.2, 0) is 4.79 Å². The molecule has 0 heterocycles. The Morgan fingerprint density at radius 3 is 1.64 bits per heavy atom. The van der Waals surface area contributed by atoms with Gasteiger partial charge in [-0.3, -0.25) is 0 Å². The minimum absolute atomic E-state index is 0.415. The molecule has 3 heteroatoms. The van der Waals surface area contributed by atoms with Crippen molar-refractivity contribution in [2.24, 2.45) is 5.41 Å². The number of quaternary nitrogens is 1. The molecule has 0 aliphatic heterocycles. The molecule has 0 aromatic carbocycles. The summed E-state index contributed by atoms with van der Waals surface area (Å²) < 4.78 is 0.415. The largest absolute Gasteiger partial charge is 0.477 e. The smallest absolute Gasteiger partial charge is 0.366 e. The molecule has 3 nitrogen and oxygen atoms in total. The number of carbonyl (C=O) groups is 1. The molecular formula is C22H44NO2+. The van der Waals surface area contributed by atoms with Crippen LogP contribution in [0, 0.1) is 5.41 Å². The Balaban J connectivity index is 4.48. The fraction of sp³-hybridized carbons (Fsp3) is 0.864. The molecule has 0 saturated carbocycles. The predicted octanol–water partition coefficient (Wildman–Crippen LogP) is 6.04. The lowest BCUT2D eigenvalue weighted by atomic mass is 9.67. The van der Waals surface area contributed by atoms with E-state index in [4.69, 9.17) is 0 Å². The molecule has 0 aliphatic carbocycles. The number of nitrogens with zero attached hydrogens (tertiary/aromatic N) is 1. The van der Waals surface area contributed by atoms with Crippen molar-refractivity contribution in [2.75, 3.05) is 21.1 Å². The number of likely N-dealkylation sites (N-methyl/N-ethyl adjacent to an activating group) is 1. The second kappa shape index (κ2) is 11.0. The van der Waals surface area contributed by atoms with Gasteiger partial charge in [0.15, 0.2) is 0 Å². The van der Waals surface area contributed by atoms with Gasteiger partial charge in [-0.1, -0.05) is 70.8 Å². The minimum Gasteiger partial charge on any atom is -0.477 e. The van der Waals surface area contributed by atoms with Crippen LogP contribution in [0.1, 0.15) is 91.4 Å². The van der Waals surface area contributed by atoms with Crippen LogP contribution in [0.4, 0.5) is 0 Å². The van der Waals surface area contributed by atoms with Gasteiger partial charge in [-0.05, 0) is 20.3 Å². The SMILES string of the molecule is C=CC(C)(C)C(CCCCCCCCCCCC)(C(=O)O)[N+](C)(C)C. The maximum atomic E-state index is 12.3. The number of aliphatic carboxylic acids is 1. The molecule has 0 aliphatic rings. The normalized spacial score (nSPS) is 15.0. The van der Waals surface area contributed by atoms with E-state index in [9.17, 15) is 9.90 Å². The van der Waals surface area contributed by atoms with Gasteiger partial charge in [0.05, 0.1) is 21.1 Å². The quantitative estimate of drug-likeness (QED) is 0.221. The molecule has 1 unspecified atom stereocenters. The minimum atomic E-state index is -0.838. The molecule has 1 N–H and O–H groups in total. The van der Waals surface area contributed by atoms with Crippen LogP contribution in [0.2, 0.25) is 0 Å². The number of unbranched alkanes of at least 4 members (excludes halogenated alkanes) is 9. The average Bonchev–Trinajstić information content (AvgIpc) is 2.50. The lowest BCUT2D eigenvalue weighted by Gasteiger charge is -2.50. The van der Waals surface area contributed by atoms with Gasteiger partial charge >= 0.3 is 5.97 Å². The lowest BCUT2D eigenvalue weighted by molar-refractivity contribution is -0.921. The number of carboxylic acid groups (broad SMARTS) is 1. The van der Waals surface area contributed by atoms with Crippen molar-refractivity contribution in [3.63, 3.8) is 0 Å². The zero-order valence-corrected chi connectivity index (χ0v) is 17.9. The van der Waals surface area contributed by atoms with Gasteiger partial charge in [-0.25, -0.2) is 4.79 Å². The average molecular weight is 355 g/mol. The molecule has 0 fully saturated rings. The summed E-state index contributed by atoms with van der Waals surface area (Å²) in [6.45, 7) is 10.2. The molecule has 0 spiro atoms. The van der Waals surface area contributed by atoms with Crippen molar-refractivity contribution in [3.8, 4) is 0 Å². The van der Waals surface area contributed by atoms with E-state index in [2.05, 4.69) is 13.5 Å². The van der Waals surface area contributed by atoms with E-state index in [0.29, 0.717) is 10.9 Å². The van der Waals surface area contributed by atoms with Gasteiger partial charge < -0.3 is 9.59 Å². The molecule has 0 radical (unpaired) electrons. The maximum absolute atomic E-state index is 12.3. The molecule has 0 amide bonds. The third-order valence-corrected chi connectivity index (χ3v) is 5.97. The number of carboxylic acids is 1. The molecule has 0 bridgehead atoms. The third-order valence-electron chi connectivity index (χ3n) is 5.97. The zero-order valence-electron chi connectivity index (χ0n) is 17.9. The fourth-order valence-corrected chi connectivity index (χ4v) is 4.23. The third kappa shape index (κ3) is 6.77. The predicted molar refractivity (Wildman–Crippen MR) is 109 cm³/mol. The van der Waals surface area contributed by atoms with Gasteiger partial charge in [-0.15, -0.1) is 6.58 Å². The first-order valence-corrected chi connectivity index (χ1v) is 10.3. The Hall–Kier alpha value is -0.830. The van der Waals surface area contributed by atoms with Crippen molar-refractivity contribution in [2.45, 2.75) is 96.9 Å². The van der Waals surface area contributed by atoms with E-state index in [-0.39, 0.29) is 0 Å². The van der Waals surface area contributed by atoms with E-state index >= 15 is 0 Å². The Kier molecular flexibility index (Phi) is 10.6. The highest BCUT2D eigenvalue weighted by molar-refractivity contribution is 5.79. The number of hydrogen-bond acceptors (Lipinski definition) is 1. The molecule has 0 saturated heterocycles. The van der Waals surface area contributed by atoms with Crippen LogP contribution < -0.4 is 0 Å². The lowest BCUT2D eigenvalue weighted by Crippen LogP contribution is -2.68. The highest BCUT2D eigenvalue weighted by Crippen LogP contribution is 2.43. The van der Waals surface area contributed by atoms with Gasteiger partial charge in [0.1, 0.15) is 0 Å². The second-order valence-corrected chi connectivity index (χ2v) is 9.04. The first-order chi connectivity index (χ1) is 11.6. The molecular weight excluding hydrogens is 310 g/mol. The first kappa shape index (κ1) is 24.2. The summed E-state index contributed by atoms with van der Waals surface area (Å²) in [4.78, 5) is 12.3. The zero-order chi connectivity index (χ0) is 19.6. The van der Waals surface area contributed by atoms with Gasteiger partial charge in [0, 0.05) is 11.8 Å². The maximum Gasteiger partial charge on any atom is 0.366 e. The molecule has 25 heavy (non-hydrogen) atoms. The molecule has 0 rings (SSSR count). The summed E-state index contributed by atoms with van der Waals surface area (Å²) in [5.41, 5.74) is -1.30. The van der Waals surface area contributed by atoms with Crippen LogP contribution in [0.15, 0.2) is 12.7 Å². The summed E-state index contributed by atoms with van der Waals surface area (Å²) >= 11 is 0. The van der Waals surface area contributed by atoms with Crippen LogP contribution in [0.3, 0.4) is 0 Å². The van der Waals surface area contributed by atoms with Crippen molar-refractivity contribution in [3.05, 3.63) is 12.7 Å². The Morgan fingerprint density at radius 2 is 1.32 bits per heavy atom. The van der Waals surface area contributed by atoms with Crippen molar-refractivity contribution >= 4 is 5.97 Å². The summed E-state index contributed by atoms with van der Waals surface area (Å²) in [6.07, 6.45) is 15.2. The summed E-state index contributed by atoms with van der Waals surface area (Å²) in [7, 11) is 5.99. The van der Waals surface area contributed by atoms with Crippen molar-refractivity contribution in [1.29, 1.82) is 0 Å². The fourth-order valence-electron chi connectivity index (χ4n) is 4.23. The van der Waals surface area contributed by atoms with E-state index in [1.165, 1.54) is 51.4 Å². The standard InChI is InChI=1S/C22H43NO2/c1-8-10-11-12-13-14-15-16-17-18-19-22(20(24)25,23(5,6)7)21(3,4)9-2/h9H,2,8,10-19H2,1,3-7H3/p+1. The van der Waals surface area contributed by atoms with Gasteiger partial charge in [-0.2, -0.15) is 0 Å². The summed E-state index contributed by atoms with van der Waals surface area (Å²) in [6, 6.07) is 0. The molecule has 0 aromatic rings. The van der Waals surface area contributed by atoms with Crippen molar-refractivity contribution in [1.82, 2.24) is 0 Å². The molecule has 1 atom stereocenters. The first-order valence-electron chi connectivity index (χ1n) is 10.3. The Bertz CT molecular complexity index is 395. The van der Waals surface area contributed by atoms with E-state index in [1.54, 1.807) is 0 Å². The highest BCUT2D eigenvalue weighted by atomic mass is 16.4. The van der Waals surface area contributed by atoms with Crippen molar-refractivity contribution < 1.29 is 14.4 Å². The van der Waals surface area contributed by atoms with E-state index in [0.717, 1.165) is 12.8 Å². The molecule has 148 valence electrons. The Morgan fingerprint density at radius 1 is 0.920 bits per heavy atom. The summed E-state index contributed by atoms with van der Waals surface area (Å²) in [5.74, 6) is -0.708. The molecule has 0 aromatic heterocycles. The topological polar surface area (TPSA) is 37.3 Å². The van der Waals surface area contributed by atoms with Gasteiger partial charge in [0.2, 0.25) is 5.54 Å². The van der Waals surface area contributed by atoms with Crippen LogP contribution in [0.5, 0.6) is 0 Å². The van der Waals surface area contributed by atoms with Crippen LogP contribution >= 0.6 is 0 Å². The van der Waals surface area contributed by atoms with Crippen LogP contribution in [0.25, 0.3) is 0 Å². The number of rotatable bonds is 15. The van der Waals surface area contributed by atoms with E-state index in [1.807, 2.05) is 41.1 Å². The summed E-state index contributed by atoms with van der Waals surface area (Å²) in [5, 5.41) is 10.1. The second-order valence-electron chi connectivity index (χ2n) is 9.04. The van der Waals surface area contributed by atoms with Crippen LogP contribution in [-0.4, -0.2) is 42.2 Å². The monoisotopic (exact) mass is 354 g/mol. The van der Waals surface area contributed by atoms with Gasteiger partial charge in [0.25, 0.3) is 0 Å². The number of hydrogen-bond donors (Lipinski definition) is 1.